The summed E-state index contributed by atoms with van der Waals surface area (Å²) in [5, 5.41) is 5.33. The van der Waals surface area contributed by atoms with E-state index in [1.807, 2.05) is 32.9 Å². The first kappa shape index (κ1) is 16.7. The highest BCUT2D eigenvalue weighted by molar-refractivity contribution is 14.1. The van der Waals surface area contributed by atoms with E-state index in [2.05, 4.69) is 33.2 Å². The molecule has 0 radical (unpaired) electrons. The standard InChI is InChI=1S/C15H18IN3O3/c1-8(2)13-14(21)19(15(22)18-13)7-12(20)17-11-5-4-10(16)6-9(11)3/h4-6,8,13H,7H2,1-3H3,(H,17,20)(H,18,22)/t13-/m1/s1. The molecule has 0 aromatic heterocycles. The third-order valence-corrected chi connectivity index (χ3v) is 4.16. The molecule has 1 aliphatic heterocycles. The van der Waals surface area contributed by atoms with Gasteiger partial charge in [0, 0.05) is 9.26 Å². The molecule has 1 atom stereocenters. The third kappa shape index (κ3) is 3.57. The predicted octanol–water partition coefficient (Wildman–Crippen LogP) is 2.11. The summed E-state index contributed by atoms with van der Waals surface area (Å²) >= 11 is 2.19. The highest BCUT2D eigenvalue weighted by Gasteiger charge is 2.40. The van der Waals surface area contributed by atoms with Crippen LogP contribution in [0.4, 0.5) is 10.5 Å². The molecule has 2 rings (SSSR count). The molecule has 1 saturated heterocycles. The topological polar surface area (TPSA) is 78.5 Å². The quantitative estimate of drug-likeness (QED) is 0.584. The first-order valence-corrected chi connectivity index (χ1v) is 8.05. The summed E-state index contributed by atoms with van der Waals surface area (Å²) in [4.78, 5) is 37.0. The van der Waals surface area contributed by atoms with Crippen molar-refractivity contribution in [1.82, 2.24) is 10.2 Å². The van der Waals surface area contributed by atoms with Crippen molar-refractivity contribution in [2.24, 2.45) is 5.92 Å². The number of nitrogens with one attached hydrogen (secondary N) is 2. The molecule has 0 spiro atoms. The van der Waals surface area contributed by atoms with Crippen LogP contribution in [0.3, 0.4) is 0 Å². The Morgan fingerprint density at radius 3 is 2.64 bits per heavy atom. The lowest BCUT2D eigenvalue weighted by Gasteiger charge is -2.15. The molecule has 1 heterocycles. The second kappa shape index (κ2) is 6.64. The molecule has 1 aliphatic rings. The van der Waals surface area contributed by atoms with Crippen molar-refractivity contribution in [2.75, 3.05) is 11.9 Å². The predicted molar refractivity (Wildman–Crippen MR) is 91.4 cm³/mol. The number of urea groups is 1. The summed E-state index contributed by atoms with van der Waals surface area (Å²) in [7, 11) is 0. The van der Waals surface area contributed by atoms with Gasteiger partial charge in [0.05, 0.1) is 0 Å². The number of carbonyl (C=O) groups excluding carboxylic acids is 3. The van der Waals surface area contributed by atoms with Crippen LogP contribution in [0.2, 0.25) is 0 Å². The fourth-order valence-electron chi connectivity index (χ4n) is 2.24. The molecule has 1 aromatic rings. The molecule has 22 heavy (non-hydrogen) atoms. The van der Waals surface area contributed by atoms with Crippen LogP contribution in [0.1, 0.15) is 19.4 Å². The van der Waals surface area contributed by atoms with E-state index >= 15 is 0 Å². The molecule has 2 N–H and O–H groups in total. The Morgan fingerprint density at radius 2 is 2.09 bits per heavy atom. The summed E-state index contributed by atoms with van der Waals surface area (Å²) < 4.78 is 1.07. The number of amides is 4. The Kier molecular flexibility index (Phi) is 5.05. The molecule has 0 bridgehead atoms. The maximum absolute atomic E-state index is 12.1. The lowest BCUT2D eigenvalue weighted by atomic mass is 10.1. The van der Waals surface area contributed by atoms with E-state index < -0.39 is 18.0 Å². The Bertz CT molecular complexity index is 630. The van der Waals surface area contributed by atoms with Gasteiger partial charge >= 0.3 is 6.03 Å². The van der Waals surface area contributed by atoms with Gasteiger partial charge in [0.15, 0.2) is 0 Å². The molecular weight excluding hydrogens is 397 g/mol. The van der Waals surface area contributed by atoms with Gasteiger partial charge in [-0.15, -0.1) is 0 Å². The molecule has 0 unspecified atom stereocenters. The van der Waals surface area contributed by atoms with E-state index in [1.165, 1.54) is 0 Å². The van der Waals surface area contributed by atoms with Crippen LogP contribution in [0.15, 0.2) is 18.2 Å². The van der Waals surface area contributed by atoms with Crippen LogP contribution in [0.5, 0.6) is 0 Å². The SMILES string of the molecule is Cc1cc(I)ccc1NC(=O)CN1C(=O)N[C@H](C(C)C)C1=O. The Morgan fingerprint density at radius 1 is 1.41 bits per heavy atom. The van der Waals surface area contributed by atoms with E-state index in [-0.39, 0.29) is 18.4 Å². The molecular formula is C15H18IN3O3. The average molecular weight is 415 g/mol. The molecule has 4 amide bonds. The highest BCUT2D eigenvalue weighted by atomic mass is 127. The van der Waals surface area contributed by atoms with E-state index in [0.717, 1.165) is 14.0 Å². The minimum Gasteiger partial charge on any atom is -0.326 e. The number of hydrogen-bond acceptors (Lipinski definition) is 3. The van der Waals surface area contributed by atoms with Crippen LogP contribution in [-0.2, 0) is 9.59 Å². The van der Waals surface area contributed by atoms with Crippen molar-refractivity contribution >= 4 is 46.1 Å². The van der Waals surface area contributed by atoms with Gasteiger partial charge in [-0.2, -0.15) is 0 Å². The summed E-state index contributed by atoms with van der Waals surface area (Å²) in [6.07, 6.45) is 0. The first-order valence-electron chi connectivity index (χ1n) is 6.97. The Balaban J connectivity index is 2.03. The monoisotopic (exact) mass is 415 g/mol. The number of nitrogens with zero attached hydrogens (tertiary/aromatic N) is 1. The number of carbonyl (C=O) groups is 3. The van der Waals surface area contributed by atoms with Crippen LogP contribution >= 0.6 is 22.6 Å². The minimum atomic E-state index is -0.555. The lowest BCUT2D eigenvalue weighted by molar-refractivity contribution is -0.131. The number of anilines is 1. The molecule has 118 valence electrons. The van der Waals surface area contributed by atoms with Crippen molar-refractivity contribution < 1.29 is 14.4 Å². The van der Waals surface area contributed by atoms with Gasteiger partial charge in [-0.3, -0.25) is 14.5 Å². The first-order chi connectivity index (χ1) is 10.3. The third-order valence-electron chi connectivity index (χ3n) is 3.49. The van der Waals surface area contributed by atoms with Gasteiger partial charge in [-0.1, -0.05) is 13.8 Å². The second-order valence-corrected chi connectivity index (χ2v) is 6.85. The van der Waals surface area contributed by atoms with Gasteiger partial charge in [-0.25, -0.2) is 4.79 Å². The van der Waals surface area contributed by atoms with E-state index in [0.29, 0.717) is 5.69 Å². The van der Waals surface area contributed by atoms with E-state index in [4.69, 9.17) is 0 Å². The summed E-state index contributed by atoms with van der Waals surface area (Å²) in [6, 6.07) is 4.56. The highest BCUT2D eigenvalue weighted by Crippen LogP contribution is 2.18. The van der Waals surface area contributed by atoms with Gasteiger partial charge in [0.1, 0.15) is 12.6 Å². The zero-order valence-corrected chi connectivity index (χ0v) is 14.8. The fourth-order valence-corrected chi connectivity index (χ4v) is 2.89. The molecule has 0 aliphatic carbocycles. The number of hydrogen-bond donors (Lipinski definition) is 2. The fraction of sp³-hybridized carbons (Fsp3) is 0.400. The van der Waals surface area contributed by atoms with Gasteiger partial charge in [0.25, 0.3) is 5.91 Å². The minimum absolute atomic E-state index is 0.0112. The molecule has 1 fully saturated rings. The van der Waals surface area contributed by atoms with Crippen LogP contribution in [0, 0.1) is 16.4 Å². The lowest BCUT2D eigenvalue weighted by Crippen LogP contribution is -2.39. The number of rotatable bonds is 4. The summed E-state index contributed by atoms with van der Waals surface area (Å²) in [5.41, 5.74) is 1.61. The van der Waals surface area contributed by atoms with Gasteiger partial charge in [0.2, 0.25) is 5.91 Å². The van der Waals surface area contributed by atoms with Crippen molar-refractivity contribution in [1.29, 1.82) is 0 Å². The van der Waals surface area contributed by atoms with Crippen molar-refractivity contribution in [3.05, 3.63) is 27.3 Å². The maximum Gasteiger partial charge on any atom is 0.325 e. The van der Waals surface area contributed by atoms with E-state index in [9.17, 15) is 14.4 Å². The second-order valence-electron chi connectivity index (χ2n) is 5.60. The maximum atomic E-state index is 12.1. The van der Waals surface area contributed by atoms with Crippen molar-refractivity contribution in [3.63, 3.8) is 0 Å². The Hall–Kier alpha value is -1.64. The number of benzene rings is 1. The normalized spacial score (nSPS) is 17.9. The van der Waals surface area contributed by atoms with Gasteiger partial charge in [-0.05, 0) is 59.2 Å². The van der Waals surface area contributed by atoms with Crippen LogP contribution in [0.25, 0.3) is 0 Å². The molecule has 0 saturated carbocycles. The summed E-state index contributed by atoms with van der Waals surface area (Å²) in [5.74, 6) is -0.755. The zero-order valence-electron chi connectivity index (χ0n) is 12.6. The van der Waals surface area contributed by atoms with Crippen LogP contribution in [-0.4, -0.2) is 35.3 Å². The van der Waals surface area contributed by atoms with Crippen molar-refractivity contribution in [3.8, 4) is 0 Å². The van der Waals surface area contributed by atoms with Crippen LogP contribution < -0.4 is 10.6 Å². The molecule has 6 nitrogen and oxygen atoms in total. The number of aryl methyl sites for hydroxylation is 1. The molecule has 1 aromatic carbocycles. The smallest absolute Gasteiger partial charge is 0.325 e. The largest absolute Gasteiger partial charge is 0.326 e. The van der Waals surface area contributed by atoms with Gasteiger partial charge < -0.3 is 10.6 Å². The van der Waals surface area contributed by atoms with E-state index in [1.54, 1.807) is 6.07 Å². The number of halogens is 1. The number of imide groups is 1. The Labute approximate surface area is 142 Å². The summed E-state index contributed by atoms with van der Waals surface area (Å²) in [6.45, 7) is 5.31. The average Bonchev–Trinajstić information content (AvgIpc) is 2.70. The molecule has 7 heteroatoms. The zero-order chi connectivity index (χ0) is 16.4. The van der Waals surface area contributed by atoms with Crippen molar-refractivity contribution in [2.45, 2.75) is 26.8 Å².